The lowest BCUT2D eigenvalue weighted by Gasteiger charge is -2.23. The molecule has 1 atom stereocenters. The minimum absolute atomic E-state index is 0.159. The highest BCUT2D eigenvalue weighted by Gasteiger charge is 2.26. The molecule has 2 aromatic heterocycles. The summed E-state index contributed by atoms with van der Waals surface area (Å²) in [4.78, 5) is 34.2. The molecule has 0 aliphatic rings. The highest BCUT2D eigenvalue weighted by molar-refractivity contribution is 5.80. The van der Waals surface area contributed by atoms with Gasteiger partial charge >= 0.3 is 0 Å². The molecule has 0 saturated carbocycles. The van der Waals surface area contributed by atoms with Crippen LogP contribution in [0.3, 0.4) is 0 Å². The Hall–Kier alpha value is -3.88. The largest absolute Gasteiger partial charge is 0.336 e. The first kappa shape index (κ1) is 18.5. The van der Waals surface area contributed by atoms with Crippen LogP contribution in [0.4, 0.5) is 0 Å². The first-order valence-corrected chi connectivity index (χ1v) is 9.11. The summed E-state index contributed by atoms with van der Waals surface area (Å²) in [6.45, 7) is 0.159. The smallest absolute Gasteiger partial charge is 0.258 e. The second-order valence-corrected chi connectivity index (χ2v) is 6.72. The lowest BCUT2D eigenvalue weighted by atomic mass is 10.1. The Morgan fingerprint density at radius 1 is 1.14 bits per heavy atom. The summed E-state index contributed by atoms with van der Waals surface area (Å²) in [6, 6.07) is 16.2. The van der Waals surface area contributed by atoms with Gasteiger partial charge in [0.15, 0.2) is 0 Å². The van der Waals surface area contributed by atoms with Crippen LogP contribution in [0.5, 0.6) is 0 Å². The van der Waals surface area contributed by atoms with Crippen LogP contribution >= 0.6 is 0 Å². The van der Waals surface area contributed by atoms with Crippen LogP contribution in [-0.4, -0.2) is 48.0 Å². The van der Waals surface area contributed by atoms with Gasteiger partial charge in [-0.1, -0.05) is 42.5 Å². The van der Waals surface area contributed by atoms with E-state index >= 15 is 0 Å². The molecule has 2 heterocycles. The lowest BCUT2D eigenvalue weighted by Crippen LogP contribution is -2.36. The number of likely N-dealkylation sites (N-methyl/N-ethyl adjacent to an activating group) is 1. The number of hydrogen-bond acceptors (Lipinski definition) is 6. The Morgan fingerprint density at radius 2 is 1.90 bits per heavy atom. The Balaban J connectivity index is 1.58. The van der Waals surface area contributed by atoms with Gasteiger partial charge in [0.2, 0.25) is 5.91 Å². The highest BCUT2D eigenvalue weighted by Crippen LogP contribution is 2.17. The minimum Gasteiger partial charge on any atom is -0.336 e. The molecule has 0 fully saturated rings. The van der Waals surface area contributed by atoms with Crippen LogP contribution < -0.4 is 5.56 Å². The molecular formula is C20H19N7O2. The Morgan fingerprint density at radius 3 is 2.66 bits per heavy atom. The maximum atomic E-state index is 13.2. The zero-order valence-electron chi connectivity index (χ0n) is 15.8. The number of tetrazole rings is 1. The maximum Gasteiger partial charge on any atom is 0.258 e. The van der Waals surface area contributed by atoms with E-state index in [0.717, 1.165) is 5.56 Å². The van der Waals surface area contributed by atoms with E-state index in [4.69, 9.17) is 0 Å². The average Bonchev–Trinajstić information content (AvgIpc) is 3.27. The number of para-hydroxylation sites is 1. The van der Waals surface area contributed by atoms with Crippen LogP contribution in [0.2, 0.25) is 0 Å². The molecule has 9 nitrogen and oxygen atoms in total. The average molecular weight is 389 g/mol. The number of nitrogens with zero attached hydrogens (tertiary/aromatic N) is 6. The van der Waals surface area contributed by atoms with Gasteiger partial charge in [-0.05, 0) is 28.1 Å². The van der Waals surface area contributed by atoms with E-state index in [0.29, 0.717) is 23.1 Å². The van der Waals surface area contributed by atoms with Crippen molar-refractivity contribution >= 4 is 16.8 Å². The molecule has 146 valence electrons. The highest BCUT2D eigenvalue weighted by atomic mass is 16.2. The normalized spacial score (nSPS) is 12.0. The fourth-order valence-corrected chi connectivity index (χ4v) is 3.21. The number of aromatic nitrogens is 6. The van der Waals surface area contributed by atoms with Gasteiger partial charge in [0.25, 0.3) is 5.56 Å². The summed E-state index contributed by atoms with van der Waals surface area (Å²) in [5.74, 6) is 0.233. The number of H-pyrrole nitrogens is 1. The molecular weight excluding hydrogens is 370 g/mol. The van der Waals surface area contributed by atoms with Gasteiger partial charge in [0.05, 0.1) is 17.4 Å². The molecule has 1 N–H and O–H groups in total. The third kappa shape index (κ3) is 4.03. The minimum atomic E-state index is -0.607. The fourth-order valence-electron chi connectivity index (χ4n) is 3.21. The molecule has 0 unspecified atom stereocenters. The zero-order chi connectivity index (χ0) is 20.2. The van der Waals surface area contributed by atoms with Crippen LogP contribution in [0, 0.1) is 0 Å². The molecule has 29 heavy (non-hydrogen) atoms. The van der Waals surface area contributed by atoms with Crippen molar-refractivity contribution in [2.75, 3.05) is 7.05 Å². The fraction of sp³-hybridized carbons (Fsp3) is 0.200. The van der Waals surface area contributed by atoms with Crippen LogP contribution in [0.1, 0.15) is 17.4 Å². The van der Waals surface area contributed by atoms with Crippen molar-refractivity contribution in [2.24, 2.45) is 0 Å². The predicted molar refractivity (Wildman–Crippen MR) is 106 cm³/mol. The van der Waals surface area contributed by atoms with E-state index < -0.39 is 6.04 Å². The summed E-state index contributed by atoms with van der Waals surface area (Å²) < 4.78 is 1.45. The molecule has 1 amide bonds. The quantitative estimate of drug-likeness (QED) is 0.533. The van der Waals surface area contributed by atoms with Crippen LogP contribution in [-0.2, 0) is 17.8 Å². The van der Waals surface area contributed by atoms with Gasteiger partial charge in [0.1, 0.15) is 18.2 Å². The first-order chi connectivity index (χ1) is 14.1. The number of carbonyl (C=O) groups excluding carboxylic acids is 1. The van der Waals surface area contributed by atoms with Gasteiger partial charge < -0.3 is 9.88 Å². The molecule has 0 saturated heterocycles. The standard InChI is InChI=1S/C20H19N7O2/c1-26(12-18-22-16-10-6-5-9-15(16)19(28)23-18)20(29)17(27-13-21-24-25-27)11-14-7-3-2-4-8-14/h2-10,13,17H,11-12H2,1H3,(H,22,23,28)/t17-/m1/s1. The number of nitrogens with one attached hydrogen (secondary N) is 1. The number of benzene rings is 2. The van der Waals surface area contributed by atoms with Crippen molar-refractivity contribution < 1.29 is 4.79 Å². The number of fused-ring (bicyclic) bond motifs is 1. The van der Waals surface area contributed by atoms with Crippen molar-refractivity contribution in [3.8, 4) is 0 Å². The number of carbonyl (C=O) groups is 1. The van der Waals surface area contributed by atoms with E-state index in [1.807, 2.05) is 36.4 Å². The predicted octanol–water partition coefficient (Wildman–Crippen LogP) is 1.35. The topological polar surface area (TPSA) is 110 Å². The van der Waals surface area contributed by atoms with E-state index in [9.17, 15) is 9.59 Å². The summed E-state index contributed by atoms with van der Waals surface area (Å²) in [5, 5.41) is 11.7. The molecule has 9 heteroatoms. The maximum absolute atomic E-state index is 13.2. The van der Waals surface area contributed by atoms with Crippen molar-refractivity contribution in [2.45, 2.75) is 19.0 Å². The molecule has 2 aromatic carbocycles. The van der Waals surface area contributed by atoms with E-state index in [-0.39, 0.29) is 18.0 Å². The first-order valence-electron chi connectivity index (χ1n) is 9.11. The molecule has 0 aliphatic heterocycles. The molecule has 0 bridgehead atoms. The third-order valence-electron chi connectivity index (χ3n) is 4.67. The number of aromatic amines is 1. The van der Waals surface area contributed by atoms with Crippen molar-refractivity contribution in [1.29, 1.82) is 0 Å². The molecule has 4 aromatic rings. The van der Waals surface area contributed by atoms with E-state index in [2.05, 4.69) is 25.5 Å². The number of amides is 1. The summed E-state index contributed by atoms with van der Waals surface area (Å²) >= 11 is 0. The summed E-state index contributed by atoms with van der Waals surface area (Å²) in [6.07, 6.45) is 1.87. The SMILES string of the molecule is CN(Cc1nc2ccccc2c(=O)[nH]1)C(=O)[C@@H](Cc1ccccc1)n1cnnn1. The third-order valence-corrected chi connectivity index (χ3v) is 4.67. The van der Waals surface area contributed by atoms with Crippen molar-refractivity contribution in [1.82, 2.24) is 35.1 Å². The molecule has 0 spiro atoms. The molecule has 0 aliphatic carbocycles. The second-order valence-electron chi connectivity index (χ2n) is 6.72. The second kappa shape index (κ2) is 8.01. The van der Waals surface area contributed by atoms with Gasteiger partial charge in [-0.2, -0.15) is 0 Å². The van der Waals surface area contributed by atoms with Crippen LogP contribution in [0.25, 0.3) is 10.9 Å². The summed E-state index contributed by atoms with van der Waals surface area (Å²) in [5.41, 5.74) is 1.35. The van der Waals surface area contributed by atoms with Gasteiger partial charge in [-0.15, -0.1) is 5.10 Å². The van der Waals surface area contributed by atoms with E-state index in [1.165, 1.54) is 15.9 Å². The van der Waals surface area contributed by atoms with Crippen LogP contribution in [0.15, 0.2) is 65.7 Å². The molecule has 0 radical (unpaired) electrons. The Kier molecular flexibility index (Phi) is 5.10. The number of rotatable bonds is 6. The molecule has 4 rings (SSSR count). The lowest BCUT2D eigenvalue weighted by molar-refractivity contribution is -0.134. The number of hydrogen-bond donors (Lipinski definition) is 1. The van der Waals surface area contributed by atoms with Crippen molar-refractivity contribution in [3.05, 3.63) is 82.7 Å². The van der Waals surface area contributed by atoms with Gasteiger partial charge in [-0.3, -0.25) is 9.59 Å². The summed E-state index contributed by atoms with van der Waals surface area (Å²) in [7, 11) is 1.67. The van der Waals surface area contributed by atoms with E-state index in [1.54, 1.807) is 25.2 Å². The Bertz CT molecular complexity index is 1170. The van der Waals surface area contributed by atoms with Gasteiger partial charge in [0, 0.05) is 13.5 Å². The van der Waals surface area contributed by atoms with Crippen molar-refractivity contribution in [3.63, 3.8) is 0 Å². The van der Waals surface area contributed by atoms with Gasteiger partial charge in [-0.25, -0.2) is 9.67 Å². The monoisotopic (exact) mass is 389 g/mol. The Labute approximate surface area is 166 Å². The zero-order valence-corrected chi connectivity index (χ0v) is 15.8.